The lowest BCUT2D eigenvalue weighted by molar-refractivity contribution is -0.128. The number of benzene rings is 1. The van der Waals surface area contributed by atoms with Crippen LogP contribution in [0.5, 0.6) is 0 Å². The Morgan fingerprint density at radius 1 is 1.37 bits per heavy atom. The molecule has 1 aliphatic rings. The van der Waals surface area contributed by atoms with Crippen molar-refractivity contribution in [2.75, 3.05) is 13.1 Å². The van der Waals surface area contributed by atoms with Gasteiger partial charge in [-0.1, -0.05) is 24.3 Å². The van der Waals surface area contributed by atoms with Gasteiger partial charge in [0.25, 0.3) is 0 Å². The second-order valence-electron chi connectivity index (χ2n) is 6.01. The Balaban J connectivity index is 2.41. The molecule has 1 amide bonds. The van der Waals surface area contributed by atoms with Crippen LogP contribution in [0, 0.1) is 0 Å². The minimum atomic E-state index is -0.701. The highest BCUT2D eigenvalue weighted by Gasteiger charge is 2.44. The van der Waals surface area contributed by atoms with Crippen LogP contribution in [0.3, 0.4) is 0 Å². The maximum absolute atomic E-state index is 12.5. The van der Waals surface area contributed by atoms with Crippen LogP contribution in [0.4, 0.5) is 0 Å². The van der Waals surface area contributed by atoms with E-state index in [9.17, 15) is 4.79 Å². The first-order valence-electron chi connectivity index (χ1n) is 6.75. The first-order valence-corrected chi connectivity index (χ1v) is 6.75. The minimum absolute atomic E-state index is 0.0156. The van der Waals surface area contributed by atoms with Gasteiger partial charge in [-0.25, -0.2) is 0 Å². The monoisotopic (exact) mass is 261 g/mol. The van der Waals surface area contributed by atoms with Crippen LogP contribution in [0.15, 0.2) is 24.3 Å². The van der Waals surface area contributed by atoms with Gasteiger partial charge < -0.3 is 11.1 Å². The maximum Gasteiger partial charge on any atom is 0.244 e. The number of nitrogens with one attached hydrogen (secondary N) is 2. The van der Waals surface area contributed by atoms with Crippen molar-refractivity contribution in [3.05, 3.63) is 35.4 Å². The highest BCUT2D eigenvalue weighted by Crippen LogP contribution is 2.34. The van der Waals surface area contributed by atoms with Gasteiger partial charge in [0, 0.05) is 18.6 Å². The van der Waals surface area contributed by atoms with E-state index in [4.69, 9.17) is 5.73 Å². The SMILES string of the molecule is CC1(C)Cc2ccccc2C(C)(C(=O)NCCN)N1. The van der Waals surface area contributed by atoms with Crippen LogP contribution in [0.2, 0.25) is 0 Å². The molecule has 2 rings (SSSR count). The Kier molecular flexibility index (Phi) is 3.65. The molecule has 1 atom stereocenters. The topological polar surface area (TPSA) is 67.2 Å². The highest BCUT2D eigenvalue weighted by molar-refractivity contribution is 5.88. The second kappa shape index (κ2) is 4.94. The standard InChI is InChI=1S/C15H23N3O/c1-14(2)10-11-6-4-5-7-12(11)15(3,18-14)13(19)17-9-8-16/h4-7,18H,8-10,16H2,1-3H3,(H,17,19). The van der Waals surface area contributed by atoms with Crippen molar-refractivity contribution in [2.24, 2.45) is 5.73 Å². The van der Waals surface area contributed by atoms with Crippen molar-refractivity contribution in [3.63, 3.8) is 0 Å². The number of carbonyl (C=O) groups excluding carboxylic acids is 1. The molecular weight excluding hydrogens is 238 g/mol. The normalized spacial score (nSPS) is 24.6. The van der Waals surface area contributed by atoms with Gasteiger partial charge in [0.1, 0.15) is 5.54 Å². The molecule has 1 heterocycles. The van der Waals surface area contributed by atoms with Crippen molar-refractivity contribution in [2.45, 2.75) is 38.3 Å². The molecule has 4 N–H and O–H groups in total. The third-order valence-electron chi connectivity index (χ3n) is 3.66. The van der Waals surface area contributed by atoms with Crippen LogP contribution in [-0.4, -0.2) is 24.5 Å². The first kappa shape index (κ1) is 14.0. The van der Waals surface area contributed by atoms with Crippen LogP contribution < -0.4 is 16.4 Å². The summed E-state index contributed by atoms with van der Waals surface area (Å²) in [6, 6.07) is 8.14. The van der Waals surface area contributed by atoms with Gasteiger partial charge in [-0.05, 0) is 38.3 Å². The van der Waals surface area contributed by atoms with Gasteiger partial charge in [-0.3, -0.25) is 10.1 Å². The number of hydrogen-bond acceptors (Lipinski definition) is 3. The zero-order valence-electron chi connectivity index (χ0n) is 11.9. The van der Waals surface area contributed by atoms with Gasteiger partial charge in [-0.2, -0.15) is 0 Å². The number of carbonyl (C=O) groups is 1. The zero-order chi connectivity index (χ0) is 14.1. The Hall–Kier alpha value is -1.39. The predicted octanol–water partition coefficient (Wildman–Crippen LogP) is 0.901. The lowest BCUT2D eigenvalue weighted by atomic mass is 9.76. The van der Waals surface area contributed by atoms with E-state index in [1.807, 2.05) is 25.1 Å². The van der Waals surface area contributed by atoms with Gasteiger partial charge in [-0.15, -0.1) is 0 Å². The van der Waals surface area contributed by atoms with Gasteiger partial charge in [0.05, 0.1) is 0 Å². The molecule has 0 saturated heterocycles. The fourth-order valence-corrected chi connectivity index (χ4v) is 2.97. The van der Waals surface area contributed by atoms with Crippen LogP contribution in [-0.2, 0) is 16.8 Å². The third-order valence-corrected chi connectivity index (χ3v) is 3.66. The highest BCUT2D eigenvalue weighted by atomic mass is 16.2. The molecule has 1 aromatic carbocycles. The predicted molar refractivity (Wildman–Crippen MR) is 76.8 cm³/mol. The van der Waals surface area contributed by atoms with Crippen molar-refractivity contribution in [1.29, 1.82) is 0 Å². The lowest BCUT2D eigenvalue weighted by Gasteiger charge is -2.44. The van der Waals surface area contributed by atoms with Crippen LogP contribution in [0.25, 0.3) is 0 Å². The van der Waals surface area contributed by atoms with Crippen LogP contribution >= 0.6 is 0 Å². The van der Waals surface area contributed by atoms with Gasteiger partial charge >= 0.3 is 0 Å². The number of amides is 1. The van der Waals surface area contributed by atoms with E-state index in [0.29, 0.717) is 13.1 Å². The molecule has 4 heteroatoms. The van der Waals surface area contributed by atoms with E-state index in [1.165, 1.54) is 5.56 Å². The number of rotatable bonds is 3. The molecule has 0 saturated carbocycles. The molecule has 0 aliphatic carbocycles. The molecule has 0 radical (unpaired) electrons. The van der Waals surface area contributed by atoms with E-state index in [-0.39, 0.29) is 11.4 Å². The summed E-state index contributed by atoms with van der Waals surface area (Å²) >= 11 is 0. The maximum atomic E-state index is 12.5. The van der Waals surface area contributed by atoms with Crippen molar-refractivity contribution >= 4 is 5.91 Å². The van der Waals surface area contributed by atoms with E-state index < -0.39 is 5.54 Å². The van der Waals surface area contributed by atoms with E-state index in [2.05, 4.69) is 30.5 Å². The Bertz CT molecular complexity index is 484. The average molecular weight is 261 g/mol. The largest absolute Gasteiger partial charge is 0.353 e. The number of fused-ring (bicyclic) bond motifs is 1. The average Bonchev–Trinajstić information content (AvgIpc) is 2.34. The van der Waals surface area contributed by atoms with Crippen molar-refractivity contribution in [1.82, 2.24) is 10.6 Å². The van der Waals surface area contributed by atoms with E-state index in [0.717, 1.165) is 12.0 Å². The zero-order valence-corrected chi connectivity index (χ0v) is 11.9. The molecule has 0 aromatic heterocycles. The third kappa shape index (κ3) is 2.65. The Morgan fingerprint density at radius 2 is 2.05 bits per heavy atom. The van der Waals surface area contributed by atoms with E-state index >= 15 is 0 Å². The summed E-state index contributed by atoms with van der Waals surface area (Å²) < 4.78 is 0. The van der Waals surface area contributed by atoms with E-state index in [1.54, 1.807) is 0 Å². The minimum Gasteiger partial charge on any atom is -0.353 e. The summed E-state index contributed by atoms with van der Waals surface area (Å²) in [6.07, 6.45) is 0.920. The summed E-state index contributed by atoms with van der Waals surface area (Å²) in [5, 5.41) is 6.38. The summed E-state index contributed by atoms with van der Waals surface area (Å²) in [7, 11) is 0. The summed E-state index contributed by atoms with van der Waals surface area (Å²) in [6.45, 7) is 7.14. The summed E-state index contributed by atoms with van der Waals surface area (Å²) in [5.74, 6) is -0.0156. The first-order chi connectivity index (χ1) is 8.89. The lowest BCUT2D eigenvalue weighted by Crippen LogP contribution is -2.63. The fourth-order valence-electron chi connectivity index (χ4n) is 2.97. The fraction of sp³-hybridized carbons (Fsp3) is 0.533. The molecule has 0 fully saturated rings. The number of hydrogen-bond donors (Lipinski definition) is 3. The number of nitrogens with two attached hydrogens (primary N) is 1. The van der Waals surface area contributed by atoms with Crippen molar-refractivity contribution in [3.8, 4) is 0 Å². The molecule has 1 aromatic rings. The quantitative estimate of drug-likeness (QED) is 0.757. The van der Waals surface area contributed by atoms with Crippen molar-refractivity contribution < 1.29 is 4.79 Å². The molecule has 1 aliphatic heterocycles. The molecular formula is C15H23N3O. The Labute approximate surface area is 114 Å². The smallest absolute Gasteiger partial charge is 0.244 e. The molecule has 0 bridgehead atoms. The molecule has 4 nitrogen and oxygen atoms in total. The van der Waals surface area contributed by atoms with Crippen LogP contribution in [0.1, 0.15) is 31.9 Å². The summed E-state index contributed by atoms with van der Waals surface area (Å²) in [4.78, 5) is 12.5. The Morgan fingerprint density at radius 3 is 2.74 bits per heavy atom. The molecule has 0 spiro atoms. The van der Waals surface area contributed by atoms with Gasteiger partial charge in [0.2, 0.25) is 5.91 Å². The second-order valence-corrected chi connectivity index (χ2v) is 6.01. The summed E-state index contributed by atoms with van der Waals surface area (Å²) in [5.41, 5.74) is 6.95. The molecule has 19 heavy (non-hydrogen) atoms. The molecule has 104 valence electrons. The van der Waals surface area contributed by atoms with Gasteiger partial charge in [0.15, 0.2) is 0 Å². The molecule has 1 unspecified atom stereocenters.